The SMILES string of the molecule is NC1CCC(F)(Cc2cccc(F)c2)CC1. The van der Waals surface area contributed by atoms with Crippen LogP contribution in [0.5, 0.6) is 0 Å². The van der Waals surface area contributed by atoms with Crippen molar-refractivity contribution in [2.24, 2.45) is 5.73 Å². The van der Waals surface area contributed by atoms with Gasteiger partial charge in [0.25, 0.3) is 0 Å². The summed E-state index contributed by atoms with van der Waals surface area (Å²) in [6.45, 7) is 0. The van der Waals surface area contributed by atoms with E-state index in [0.717, 1.165) is 18.4 Å². The van der Waals surface area contributed by atoms with Crippen molar-refractivity contribution in [3.05, 3.63) is 35.6 Å². The largest absolute Gasteiger partial charge is 0.328 e. The van der Waals surface area contributed by atoms with Gasteiger partial charge in [-0.15, -0.1) is 0 Å². The number of nitrogens with two attached hydrogens (primary N) is 1. The maximum atomic E-state index is 14.4. The van der Waals surface area contributed by atoms with E-state index in [0.29, 0.717) is 19.3 Å². The monoisotopic (exact) mass is 225 g/mol. The van der Waals surface area contributed by atoms with E-state index < -0.39 is 5.67 Å². The highest BCUT2D eigenvalue weighted by molar-refractivity contribution is 5.18. The molecule has 0 amide bonds. The fraction of sp³-hybridized carbons (Fsp3) is 0.538. The van der Waals surface area contributed by atoms with Crippen LogP contribution in [0.25, 0.3) is 0 Å². The Bertz CT molecular complexity index is 357. The van der Waals surface area contributed by atoms with Gasteiger partial charge in [-0.25, -0.2) is 8.78 Å². The third-order valence-corrected chi connectivity index (χ3v) is 3.34. The van der Waals surface area contributed by atoms with Crippen molar-refractivity contribution < 1.29 is 8.78 Å². The molecule has 0 heterocycles. The molecule has 3 heteroatoms. The molecule has 0 saturated heterocycles. The Morgan fingerprint density at radius 1 is 1.31 bits per heavy atom. The molecule has 0 spiro atoms. The van der Waals surface area contributed by atoms with E-state index in [1.807, 2.05) is 0 Å². The van der Waals surface area contributed by atoms with E-state index in [2.05, 4.69) is 0 Å². The van der Waals surface area contributed by atoms with Crippen molar-refractivity contribution in [1.82, 2.24) is 0 Å². The Balaban J connectivity index is 2.03. The van der Waals surface area contributed by atoms with Crippen LogP contribution in [-0.4, -0.2) is 11.7 Å². The van der Waals surface area contributed by atoms with Crippen molar-refractivity contribution in [2.75, 3.05) is 0 Å². The summed E-state index contributed by atoms with van der Waals surface area (Å²) < 4.78 is 27.4. The van der Waals surface area contributed by atoms with Crippen molar-refractivity contribution >= 4 is 0 Å². The Kier molecular flexibility index (Phi) is 3.24. The average molecular weight is 225 g/mol. The third-order valence-electron chi connectivity index (χ3n) is 3.34. The van der Waals surface area contributed by atoms with Gasteiger partial charge in [-0.05, 0) is 43.4 Å². The van der Waals surface area contributed by atoms with Crippen molar-refractivity contribution in [3.8, 4) is 0 Å². The highest BCUT2D eigenvalue weighted by atomic mass is 19.1. The van der Waals surface area contributed by atoms with Gasteiger partial charge in [-0.2, -0.15) is 0 Å². The number of rotatable bonds is 2. The van der Waals surface area contributed by atoms with Gasteiger partial charge < -0.3 is 5.73 Å². The Morgan fingerprint density at radius 3 is 2.62 bits per heavy atom. The zero-order valence-corrected chi connectivity index (χ0v) is 9.26. The summed E-state index contributed by atoms with van der Waals surface area (Å²) in [7, 11) is 0. The van der Waals surface area contributed by atoms with Crippen LogP contribution in [0, 0.1) is 5.82 Å². The van der Waals surface area contributed by atoms with Crippen LogP contribution in [0.2, 0.25) is 0 Å². The minimum Gasteiger partial charge on any atom is -0.328 e. The number of alkyl halides is 1. The molecule has 16 heavy (non-hydrogen) atoms. The van der Waals surface area contributed by atoms with Crippen molar-refractivity contribution in [1.29, 1.82) is 0 Å². The van der Waals surface area contributed by atoms with Crippen molar-refractivity contribution in [2.45, 2.75) is 43.8 Å². The van der Waals surface area contributed by atoms with Gasteiger partial charge in [-0.3, -0.25) is 0 Å². The van der Waals surface area contributed by atoms with Gasteiger partial charge in [0.05, 0.1) is 0 Å². The Labute approximate surface area is 94.7 Å². The van der Waals surface area contributed by atoms with Crippen LogP contribution in [0.3, 0.4) is 0 Å². The zero-order valence-electron chi connectivity index (χ0n) is 9.26. The lowest BCUT2D eigenvalue weighted by Gasteiger charge is -2.32. The molecule has 1 aliphatic rings. The predicted octanol–water partition coefficient (Wildman–Crippen LogP) is 2.98. The molecule has 1 aromatic rings. The molecule has 0 radical (unpaired) electrons. The third kappa shape index (κ3) is 2.79. The van der Waals surface area contributed by atoms with Crippen LogP contribution >= 0.6 is 0 Å². The lowest BCUT2D eigenvalue weighted by atomic mass is 9.80. The van der Waals surface area contributed by atoms with Crippen LogP contribution in [-0.2, 0) is 6.42 Å². The Morgan fingerprint density at radius 2 is 2.00 bits per heavy atom. The molecule has 88 valence electrons. The first-order valence-corrected chi connectivity index (χ1v) is 5.76. The number of hydrogen-bond acceptors (Lipinski definition) is 1. The molecule has 0 aliphatic heterocycles. The van der Waals surface area contributed by atoms with E-state index in [1.165, 1.54) is 12.1 Å². The Hall–Kier alpha value is -0.960. The molecular formula is C13H17F2N. The second-order valence-electron chi connectivity index (χ2n) is 4.80. The molecule has 2 N–H and O–H groups in total. The molecule has 0 aromatic heterocycles. The maximum absolute atomic E-state index is 14.4. The van der Waals surface area contributed by atoms with Gasteiger partial charge in [0.15, 0.2) is 0 Å². The summed E-state index contributed by atoms with van der Waals surface area (Å²) in [5, 5.41) is 0. The van der Waals surface area contributed by atoms with Crippen molar-refractivity contribution in [3.63, 3.8) is 0 Å². The fourth-order valence-electron chi connectivity index (χ4n) is 2.35. The molecule has 0 atom stereocenters. The normalized spacial score (nSPS) is 30.3. The first kappa shape index (κ1) is 11.5. The van der Waals surface area contributed by atoms with Gasteiger partial charge in [0.2, 0.25) is 0 Å². The lowest BCUT2D eigenvalue weighted by Crippen LogP contribution is -2.37. The predicted molar refractivity (Wildman–Crippen MR) is 60.4 cm³/mol. The van der Waals surface area contributed by atoms with Gasteiger partial charge >= 0.3 is 0 Å². The minimum atomic E-state index is -1.19. The topological polar surface area (TPSA) is 26.0 Å². The second kappa shape index (κ2) is 4.50. The van der Waals surface area contributed by atoms with Gasteiger partial charge in [0, 0.05) is 12.5 Å². The standard InChI is InChI=1S/C13H17F2N/c14-11-3-1-2-10(8-11)9-13(15)6-4-12(16)5-7-13/h1-3,8,12H,4-7,9,16H2. The van der Waals surface area contributed by atoms with Gasteiger partial charge in [0.1, 0.15) is 11.5 Å². The number of hydrogen-bond donors (Lipinski definition) is 1. The van der Waals surface area contributed by atoms with Crippen LogP contribution in [0.1, 0.15) is 31.2 Å². The zero-order chi connectivity index (χ0) is 11.6. The first-order chi connectivity index (χ1) is 7.57. The van der Waals surface area contributed by atoms with E-state index >= 15 is 0 Å². The summed E-state index contributed by atoms with van der Waals surface area (Å²) >= 11 is 0. The first-order valence-electron chi connectivity index (χ1n) is 5.76. The van der Waals surface area contributed by atoms with Gasteiger partial charge in [-0.1, -0.05) is 12.1 Å². The highest BCUT2D eigenvalue weighted by Gasteiger charge is 2.34. The smallest absolute Gasteiger partial charge is 0.123 e. The summed E-state index contributed by atoms with van der Waals surface area (Å²) in [4.78, 5) is 0. The minimum absolute atomic E-state index is 0.136. The quantitative estimate of drug-likeness (QED) is 0.822. The summed E-state index contributed by atoms with van der Waals surface area (Å²) in [5.74, 6) is -0.298. The number of halogens is 2. The van der Waals surface area contributed by atoms with E-state index in [-0.39, 0.29) is 11.9 Å². The molecule has 1 nitrogen and oxygen atoms in total. The molecule has 1 aromatic carbocycles. The van der Waals surface area contributed by atoms with Crippen LogP contribution in [0.4, 0.5) is 8.78 Å². The average Bonchev–Trinajstić information content (AvgIpc) is 2.23. The molecular weight excluding hydrogens is 208 g/mol. The number of benzene rings is 1. The van der Waals surface area contributed by atoms with E-state index in [1.54, 1.807) is 12.1 Å². The molecule has 1 aliphatic carbocycles. The molecule has 2 rings (SSSR count). The summed E-state index contributed by atoms with van der Waals surface area (Å²) in [6.07, 6.45) is 2.74. The summed E-state index contributed by atoms with van der Waals surface area (Å²) in [6, 6.07) is 6.33. The van der Waals surface area contributed by atoms with E-state index in [9.17, 15) is 8.78 Å². The van der Waals surface area contributed by atoms with E-state index in [4.69, 9.17) is 5.73 Å². The highest BCUT2D eigenvalue weighted by Crippen LogP contribution is 2.34. The maximum Gasteiger partial charge on any atom is 0.123 e. The molecule has 0 bridgehead atoms. The second-order valence-corrected chi connectivity index (χ2v) is 4.80. The fourth-order valence-corrected chi connectivity index (χ4v) is 2.35. The molecule has 1 fully saturated rings. The van der Waals surface area contributed by atoms with Crippen LogP contribution in [0.15, 0.2) is 24.3 Å². The molecule has 0 unspecified atom stereocenters. The molecule has 1 saturated carbocycles. The lowest BCUT2D eigenvalue weighted by molar-refractivity contribution is 0.0994. The van der Waals surface area contributed by atoms with Crippen LogP contribution < -0.4 is 5.73 Å². The summed E-state index contributed by atoms with van der Waals surface area (Å²) in [5.41, 5.74) is 5.29.